The second-order valence-electron chi connectivity index (χ2n) is 8.24. The molecule has 5 N–H and O–H groups in total. The third-order valence-electron chi connectivity index (χ3n) is 5.53. The van der Waals surface area contributed by atoms with Crippen molar-refractivity contribution in [2.45, 2.75) is 50.8 Å². The van der Waals surface area contributed by atoms with Gasteiger partial charge < -0.3 is 25.5 Å². The van der Waals surface area contributed by atoms with Gasteiger partial charge in [0.05, 0.1) is 12.8 Å². The lowest BCUT2D eigenvalue weighted by Crippen LogP contribution is -2.77. The van der Waals surface area contributed by atoms with Crippen LogP contribution in [0.1, 0.15) is 20.3 Å². The predicted octanol–water partition coefficient (Wildman–Crippen LogP) is -2.20. The standard InChI is InChI=1S/C15H28N2O5/c1-14-4-15(2)7-16(5-14)13(17(6-14)8-15)12(22)11(21)10(20)9(19)3-18/h9-13,18-22H,3-8H2,1-2H3/t9-,10-,11+,12-,13?,14?,15?/m0/s1. The van der Waals surface area contributed by atoms with Crippen LogP contribution in [-0.4, -0.2) is 98.7 Å². The van der Waals surface area contributed by atoms with Gasteiger partial charge in [-0.05, 0) is 17.3 Å². The monoisotopic (exact) mass is 316 g/mol. The Kier molecular flexibility index (Phi) is 4.05. The summed E-state index contributed by atoms with van der Waals surface area (Å²) in [4.78, 5) is 4.37. The molecular formula is C15H28N2O5. The number of rotatable bonds is 5. The summed E-state index contributed by atoms with van der Waals surface area (Å²) in [5, 5.41) is 49.0. The van der Waals surface area contributed by atoms with E-state index in [1.807, 2.05) is 0 Å². The molecule has 4 heterocycles. The van der Waals surface area contributed by atoms with Crippen molar-refractivity contribution >= 4 is 0 Å². The number of nitrogens with zero attached hydrogens (tertiary/aromatic N) is 2. The Morgan fingerprint density at radius 1 is 0.909 bits per heavy atom. The Balaban J connectivity index is 1.76. The van der Waals surface area contributed by atoms with E-state index in [-0.39, 0.29) is 17.0 Å². The molecule has 128 valence electrons. The van der Waals surface area contributed by atoms with Crippen LogP contribution in [0.3, 0.4) is 0 Å². The minimum atomic E-state index is -1.56. The summed E-state index contributed by atoms with van der Waals surface area (Å²) in [6.45, 7) is 7.33. The van der Waals surface area contributed by atoms with Crippen LogP contribution in [-0.2, 0) is 0 Å². The maximum Gasteiger partial charge on any atom is 0.111 e. The van der Waals surface area contributed by atoms with E-state index >= 15 is 0 Å². The highest BCUT2D eigenvalue weighted by molar-refractivity contribution is 5.09. The minimum Gasteiger partial charge on any atom is -0.394 e. The Bertz CT molecular complexity index is 398. The van der Waals surface area contributed by atoms with Crippen LogP contribution >= 0.6 is 0 Å². The molecule has 0 unspecified atom stereocenters. The Morgan fingerprint density at radius 3 is 1.77 bits per heavy atom. The highest BCUT2D eigenvalue weighted by Crippen LogP contribution is 2.51. The summed E-state index contributed by atoms with van der Waals surface area (Å²) in [5.74, 6) is 0. The van der Waals surface area contributed by atoms with Gasteiger partial charge in [0.25, 0.3) is 0 Å². The zero-order valence-electron chi connectivity index (χ0n) is 13.3. The summed E-state index contributed by atoms with van der Waals surface area (Å²) >= 11 is 0. The topological polar surface area (TPSA) is 108 Å². The Morgan fingerprint density at radius 2 is 1.36 bits per heavy atom. The van der Waals surface area contributed by atoms with E-state index in [1.54, 1.807) is 0 Å². The van der Waals surface area contributed by atoms with Gasteiger partial charge in [-0.2, -0.15) is 0 Å². The van der Waals surface area contributed by atoms with Crippen molar-refractivity contribution in [3.05, 3.63) is 0 Å². The number of hydrogen-bond acceptors (Lipinski definition) is 7. The first-order valence-corrected chi connectivity index (χ1v) is 7.99. The van der Waals surface area contributed by atoms with Crippen LogP contribution in [0.5, 0.6) is 0 Å². The van der Waals surface area contributed by atoms with Gasteiger partial charge in [0.1, 0.15) is 24.4 Å². The Hall–Kier alpha value is -0.280. The zero-order chi connectivity index (χ0) is 16.3. The number of piperidine rings is 2. The van der Waals surface area contributed by atoms with E-state index in [0.717, 1.165) is 26.2 Å². The highest BCUT2D eigenvalue weighted by Gasteiger charge is 2.58. The van der Waals surface area contributed by atoms with E-state index in [2.05, 4.69) is 23.6 Å². The van der Waals surface area contributed by atoms with Gasteiger partial charge in [-0.1, -0.05) is 13.8 Å². The summed E-state index contributed by atoms with van der Waals surface area (Å²) in [6.07, 6.45) is -4.89. The van der Waals surface area contributed by atoms with E-state index < -0.39 is 31.0 Å². The predicted molar refractivity (Wildman–Crippen MR) is 78.9 cm³/mol. The maximum atomic E-state index is 10.5. The summed E-state index contributed by atoms with van der Waals surface area (Å²) in [6, 6.07) is 0. The van der Waals surface area contributed by atoms with Gasteiger partial charge in [0, 0.05) is 26.2 Å². The fourth-order valence-corrected chi connectivity index (χ4v) is 5.18. The largest absolute Gasteiger partial charge is 0.394 e. The molecule has 4 saturated heterocycles. The second-order valence-corrected chi connectivity index (χ2v) is 8.24. The van der Waals surface area contributed by atoms with Crippen LogP contribution in [0.2, 0.25) is 0 Å². The van der Waals surface area contributed by atoms with Crippen molar-refractivity contribution in [2.75, 3.05) is 32.8 Å². The molecule has 0 spiro atoms. The molecule has 4 fully saturated rings. The fraction of sp³-hybridized carbons (Fsp3) is 1.00. The molecule has 7 heteroatoms. The van der Waals surface area contributed by atoms with Crippen molar-refractivity contribution in [1.82, 2.24) is 9.80 Å². The highest BCUT2D eigenvalue weighted by atomic mass is 16.4. The van der Waals surface area contributed by atoms with Crippen molar-refractivity contribution < 1.29 is 25.5 Å². The van der Waals surface area contributed by atoms with Gasteiger partial charge in [-0.15, -0.1) is 0 Å². The average molecular weight is 316 g/mol. The van der Waals surface area contributed by atoms with E-state index in [9.17, 15) is 20.4 Å². The quantitative estimate of drug-likeness (QED) is 0.392. The molecule has 4 atom stereocenters. The van der Waals surface area contributed by atoms with E-state index in [1.165, 1.54) is 6.42 Å². The first-order valence-electron chi connectivity index (χ1n) is 7.99. The third-order valence-corrected chi connectivity index (χ3v) is 5.53. The van der Waals surface area contributed by atoms with Gasteiger partial charge in [-0.3, -0.25) is 9.80 Å². The number of aliphatic hydroxyl groups is 5. The normalized spacial score (nSPS) is 49.0. The average Bonchev–Trinajstić information content (AvgIpc) is 2.41. The molecule has 4 aliphatic heterocycles. The molecule has 0 radical (unpaired) electrons. The molecule has 0 aromatic rings. The number of aliphatic hydroxyl groups excluding tert-OH is 5. The smallest absolute Gasteiger partial charge is 0.111 e. The molecule has 0 saturated carbocycles. The first kappa shape index (κ1) is 16.6. The molecule has 0 amide bonds. The molecule has 22 heavy (non-hydrogen) atoms. The lowest BCUT2D eigenvalue weighted by molar-refractivity contribution is -0.237. The second kappa shape index (κ2) is 5.37. The van der Waals surface area contributed by atoms with Crippen LogP contribution in [0.4, 0.5) is 0 Å². The minimum absolute atomic E-state index is 0.204. The lowest BCUT2D eigenvalue weighted by Gasteiger charge is -2.67. The van der Waals surface area contributed by atoms with Gasteiger partial charge in [0.2, 0.25) is 0 Å². The van der Waals surface area contributed by atoms with Crippen molar-refractivity contribution in [1.29, 1.82) is 0 Å². The van der Waals surface area contributed by atoms with Crippen LogP contribution < -0.4 is 0 Å². The maximum absolute atomic E-state index is 10.5. The van der Waals surface area contributed by atoms with E-state index in [0.29, 0.717) is 0 Å². The Labute approximate surface area is 130 Å². The van der Waals surface area contributed by atoms with Gasteiger partial charge in [-0.25, -0.2) is 0 Å². The molecule has 4 rings (SSSR count). The molecular weight excluding hydrogens is 288 g/mol. The van der Waals surface area contributed by atoms with Gasteiger partial charge >= 0.3 is 0 Å². The molecule has 7 nitrogen and oxygen atoms in total. The SMILES string of the molecule is CC12CN3CC(C)(CN(C1)C3[C@@H](O)[C@H](O)[C@@H](O)[C@@H](O)CO)C2. The molecule has 0 aromatic carbocycles. The molecule has 4 bridgehead atoms. The third kappa shape index (κ3) is 2.58. The van der Waals surface area contributed by atoms with Crippen LogP contribution in [0.15, 0.2) is 0 Å². The first-order chi connectivity index (χ1) is 10.2. The molecule has 0 aliphatic carbocycles. The molecule has 4 aliphatic rings. The van der Waals surface area contributed by atoms with Crippen molar-refractivity contribution in [2.24, 2.45) is 10.8 Å². The van der Waals surface area contributed by atoms with Gasteiger partial charge in [0.15, 0.2) is 0 Å². The lowest BCUT2D eigenvalue weighted by atomic mass is 9.63. The zero-order valence-corrected chi connectivity index (χ0v) is 13.3. The van der Waals surface area contributed by atoms with Crippen molar-refractivity contribution in [3.8, 4) is 0 Å². The van der Waals surface area contributed by atoms with E-state index in [4.69, 9.17) is 5.11 Å². The van der Waals surface area contributed by atoms with Crippen LogP contribution in [0.25, 0.3) is 0 Å². The molecule has 0 aromatic heterocycles. The number of hydrogen-bond donors (Lipinski definition) is 5. The summed E-state index contributed by atoms with van der Waals surface area (Å²) in [7, 11) is 0. The summed E-state index contributed by atoms with van der Waals surface area (Å²) < 4.78 is 0. The fourth-order valence-electron chi connectivity index (χ4n) is 5.18. The van der Waals surface area contributed by atoms with Crippen LogP contribution in [0, 0.1) is 10.8 Å². The summed E-state index contributed by atoms with van der Waals surface area (Å²) in [5.41, 5.74) is 0.408. The van der Waals surface area contributed by atoms with Crippen molar-refractivity contribution in [3.63, 3.8) is 0 Å².